The number of hydrogen-bond donors (Lipinski definition) is 0. The normalized spacial score (nSPS) is 12.9. The average molecular weight is 909 g/mol. The van der Waals surface area contributed by atoms with Crippen LogP contribution >= 0.6 is 11.3 Å². The van der Waals surface area contributed by atoms with Crippen molar-refractivity contribution in [2.45, 2.75) is 5.41 Å². The lowest BCUT2D eigenvalue weighted by molar-refractivity contribution is 0.753. The molecule has 0 amide bonds. The lowest BCUT2D eigenvalue weighted by Gasteiger charge is -2.45. The zero-order chi connectivity index (χ0) is 46.2. The smallest absolute Gasteiger partial charge is 0.0754 e. The summed E-state index contributed by atoms with van der Waals surface area (Å²) >= 11 is 1.87. The van der Waals surface area contributed by atoms with E-state index in [-0.39, 0.29) is 0 Å². The van der Waals surface area contributed by atoms with Gasteiger partial charge in [0.2, 0.25) is 0 Å². The number of nitrogens with zero attached hydrogens (tertiary/aromatic N) is 2. The largest absolute Gasteiger partial charge is 0.310 e. The fraction of sp³-hybridized carbons (Fsp3) is 0.0149. The van der Waals surface area contributed by atoms with Crippen LogP contribution in [0.5, 0.6) is 0 Å². The predicted octanol–water partition coefficient (Wildman–Crippen LogP) is 18.7. The van der Waals surface area contributed by atoms with E-state index in [4.69, 9.17) is 0 Å². The summed E-state index contributed by atoms with van der Waals surface area (Å²) in [7, 11) is 0. The molecule has 2 aliphatic rings. The first-order chi connectivity index (χ1) is 34.7. The Labute approximate surface area is 412 Å². The summed E-state index contributed by atoms with van der Waals surface area (Å²) in [4.78, 5) is 4.84. The second-order valence-corrected chi connectivity index (χ2v) is 19.5. The molecule has 1 aromatic heterocycles. The molecule has 2 heterocycles. The number of thiophene rings is 1. The van der Waals surface area contributed by atoms with Crippen molar-refractivity contribution in [3.63, 3.8) is 0 Å². The first kappa shape index (κ1) is 40.3. The quantitative estimate of drug-likeness (QED) is 0.157. The zero-order valence-electron chi connectivity index (χ0n) is 38.2. The van der Waals surface area contributed by atoms with Crippen molar-refractivity contribution in [1.82, 2.24) is 0 Å². The molecule has 0 N–H and O–H groups in total. The van der Waals surface area contributed by atoms with Gasteiger partial charge in [-0.1, -0.05) is 182 Å². The third-order valence-electron chi connectivity index (χ3n) is 14.7. The van der Waals surface area contributed by atoms with Crippen molar-refractivity contribution in [3.8, 4) is 44.5 Å². The minimum Gasteiger partial charge on any atom is -0.310 e. The van der Waals surface area contributed by atoms with Crippen LogP contribution in [-0.4, -0.2) is 0 Å². The number of anilines is 6. The molecule has 14 rings (SSSR count). The molecule has 11 aromatic carbocycles. The maximum absolute atomic E-state index is 2.50. The van der Waals surface area contributed by atoms with Crippen LogP contribution in [0.25, 0.3) is 64.7 Å². The van der Waals surface area contributed by atoms with Crippen LogP contribution in [0.2, 0.25) is 0 Å². The van der Waals surface area contributed by atoms with E-state index in [1.165, 1.54) is 98.3 Å². The zero-order valence-corrected chi connectivity index (χ0v) is 39.0. The SMILES string of the molecule is c1ccc(-c2ccc(N(c3ccc(-c4ccccc4)cc3)c3ccc4sc5ccc(-c6ccc7c(c6)C6(c8ccccc8-7)c7ccccc7N(c7ccccc7)c7ccccc76)cc5c4c3)cc2)cc1. The standard InChI is InChI=1S/C67H44N2S/c1-4-16-45(17-5-1)47-28-34-52(35-29-47)68(53-36-30-48(31-37-53)46-18-6-2-7-19-46)54-38-41-66-58(44-54)57-42-49(33-40-65(57)70-66)50-32-39-56-55-22-10-11-23-59(55)67(62(56)43-50)60-24-12-14-26-63(60)69(51-20-8-3-9-21-51)64-27-15-13-25-61(64)67/h1-44H. The summed E-state index contributed by atoms with van der Waals surface area (Å²) < 4.78 is 2.56. The Morgan fingerprint density at radius 1 is 0.300 bits per heavy atom. The molecule has 1 aliphatic heterocycles. The molecule has 0 atom stereocenters. The number of benzene rings is 11. The minimum atomic E-state index is -0.517. The van der Waals surface area contributed by atoms with Crippen LogP contribution in [0.4, 0.5) is 34.1 Å². The Balaban J connectivity index is 0.912. The van der Waals surface area contributed by atoms with E-state index in [0.717, 1.165) is 22.7 Å². The highest BCUT2D eigenvalue weighted by atomic mass is 32.1. The van der Waals surface area contributed by atoms with Gasteiger partial charge >= 0.3 is 0 Å². The summed E-state index contributed by atoms with van der Waals surface area (Å²) in [5.74, 6) is 0. The van der Waals surface area contributed by atoms with Gasteiger partial charge in [0.25, 0.3) is 0 Å². The maximum Gasteiger partial charge on any atom is 0.0754 e. The average Bonchev–Trinajstić information content (AvgIpc) is 3.95. The summed E-state index contributed by atoms with van der Waals surface area (Å²) in [6.45, 7) is 0. The van der Waals surface area contributed by atoms with Crippen molar-refractivity contribution in [1.29, 1.82) is 0 Å². The molecule has 0 saturated heterocycles. The van der Waals surface area contributed by atoms with Gasteiger partial charge in [-0.05, 0) is 152 Å². The molecule has 2 nitrogen and oxygen atoms in total. The van der Waals surface area contributed by atoms with Crippen molar-refractivity contribution in [3.05, 3.63) is 289 Å². The molecule has 328 valence electrons. The lowest BCUT2D eigenvalue weighted by atomic mass is 9.64. The Bertz CT molecular complexity index is 3800. The van der Waals surface area contributed by atoms with Crippen molar-refractivity contribution in [2.24, 2.45) is 0 Å². The Kier molecular flexibility index (Phi) is 9.33. The summed E-state index contributed by atoms with van der Waals surface area (Å²) in [6, 6.07) is 98.5. The van der Waals surface area contributed by atoms with E-state index in [9.17, 15) is 0 Å². The molecule has 0 unspecified atom stereocenters. The first-order valence-corrected chi connectivity index (χ1v) is 24.9. The van der Waals surface area contributed by atoms with Gasteiger partial charge in [0.05, 0.1) is 16.8 Å². The highest BCUT2D eigenvalue weighted by Gasteiger charge is 2.51. The van der Waals surface area contributed by atoms with Crippen molar-refractivity contribution < 1.29 is 0 Å². The summed E-state index contributed by atoms with van der Waals surface area (Å²) in [5, 5.41) is 2.52. The van der Waals surface area contributed by atoms with Gasteiger partial charge in [-0.2, -0.15) is 0 Å². The fourth-order valence-electron chi connectivity index (χ4n) is 11.5. The third kappa shape index (κ3) is 6.25. The molecular weight excluding hydrogens is 865 g/mol. The molecule has 0 fully saturated rings. The molecule has 0 saturated carbocycles. The van der Waals surface area contributed by atoms with Crippen LogP contribution in [0.1, 0.15) is 22.3 Å². The lowest BCUT2D eigenvalue weighted by Crippen LogP contribution is -2.36. The Hall–Kier alpha value is -8.76. The monoisotopic (exact) mass is 908 g/mol. The Morgan fingerprint density at radius 2 is 0.729 bits per heavy atom. The number of fused-ring (bicyclic) bond motifs is 12. The van der Waals surface area contributed by atoms with E-state index in [1.54, 1.807) is 0 Å². The van der Waals surface area contributed by atoms with E-state index in [1.807, 2.05) is 11.3 Å². The van der Waals surface area contributed by atoms with Gasteiger partial charge in [0, 0.05) is 42.9 Å². The molecule has 1 spiro atoms. The Morgan fingerprint density at radius 3 is 1.34 bits per heavy atom. The highest BCUT2D eigenvalue weighted by molar-refractivity contribution is 7.25. The van der Waals surface area contributed by atoms with Crippen molar-refractivity contribution in [2.75, 3.05) is 9.80 Å². The molecule has 0 radical (unpaired) electrons. The van der Waals surface area contributed by atoms with Gasteiger partial charge in [-0.25, -0.2) is 0 Å². The molecule has 12 aromatic rings. The molecule has 70 heavy (non-hydrogen) atoms. The maximum atomic E-state index is 2.50. The van der Waals surface area contributed by atoms with E-state index in [0.29, 0.717) is 0 Å². The topological polar surface area (TPSA) is 6.48 Å². The molecular formula is C67H44N2S. The molecule has 0 bridgehead atoms. The van der Waals surface area contributed by atoms with Gasteiger partial charge < -0.3 is 9.80 Å². The molecule has 3 heteroatoms. The highest BCUT2D eigenvalue weighted by Crippen LogP contribution is 2.63. The summed E-state index contributed by atoms with van der Waals surface area (Å²) in [5.41, 5.74) is 21.4. The van der Waals surface area contributed by atoms with Gasteiger partial charge in [0.15, 0.2) is 0 Å². The van der Waals surface area contributed by atoms with E-state index < -0.39 is 5.41 Å². The number of hydrogen-bond acceptors (Lipinski definition) is 3. The fourth-order valence-corrected chi connectivity index (χ4v) is 12.6. The number of rotatable bonds is 7. The van der Waals surface area contributed by atoms with E-state index >= 15 is 0 Å². The van der Waals surface area contributed by atoms with Crippen molar-refractivity contribution >= 4 is 65.6 Å². The van der Waals surface area contributed by atoms with E-state index in [2.05, 4.69) is 277 Å². The number of para-hydroxylation sites is 3. The second-order valence-electron chi connectivity index (χ2n) is 18.4. The van der Waals surface area contributed by atoms with Gasteiger partial charge in [-0.3, -0.25) is 0 Å². The predicted molar refractivity (Wildman–Crippen MR) is 296 cm³/mol. The second kappa shape index (κ2) is 16.2. The van der Waals surface area contributed by atoms with Crippen LogP contribution in [0.15, 0.2) is 267 Å². The first-order valence-electron chi connectivity index (χ1n) is 24.1. The third-order valence-corrected chi connectivity index (χ3v) is 15.8. The van der Waals surface area contributed by atoms with Crippen LogP contribution < -0.4 is 9.80 Å². The van der Waals surface area contributed by atoms with Crippen LogP contribution in [0.3, 0.4) is 0 Å². The van der Waals surface area contributed by atoms with Crippen LogP contribution in [-0.2, 0) is 5.41 Å². The molecule has 1 aliphatic carbocycles. The van der Waals surface area contributed by atoms with Gasteiger partial charge in [-0.15, -0.1) is 11.3 Å². The minimum absolute atomic E-state index is 0.517. The van der Waals surface area contributed by atoms with Crippen LogP contribution in [0, 0.1) is 0 Å². The van der Waals surface area contributed by atoms with Gasteiger partial charge in [0.1, 0.15) is 0 Å². The summed E-state index contributed by atoms with van der Waals surface area (Å²) in [6.07, 6.45) is 0.